The Labute approximate surface area is 156 Å². The number of amides is 2. The van der Waals surface area contributed by atoms with Crippen LogP contribution in [-0.2, 0) is 11.3 Å². The second-order valence-corrected chi connectivity index (χ2v) is 6.13. The van der Waals surface area contributed by atoms with E-state index in [2.05, 4.69) is 25.8 Å². The fourth-order valence-electron chi connectivity index (χ4n) is 2.21. The van der Waals surface area contributed by atoms with Crippen LogP contribution in [0.15, 0.2) is 53.2 Å². The third kappa shape index (κ3) is 4.75. The highest BCUT2D eigenvalue weighted by Crippen LogP contribution is 2.13. The Morgan fingerprint density at radius 3 is 2.74 bits per heavy atom. The second kappa shape index (κ2) is 8.22. The van der Waals surface area contributed by atoms with Gasteiger partial charge in [0.15, 0.2) is 0 Å². The van der Waals surface area contributed by atoms with Crippen LogP contribution >= 0.6 is 0 Å². The van der Waals surface area contributed by atoms with Crippen LogP contribution < -0.4 is 10.6 Å². The molecule has 8 nitrogen and oxygen atoms in total. The number of carbonyl (C=O) groups is 2. The van der Waals surface area contributed by atoms with Crippen LogP contribution in [0.5, 0.6) is 0 Å². The Kier molecular flexibility index (Phi) is 5.55. The molecule has 0 aliphatic heterocycles. The summed E-state index contributed by atoms with van der Waals surface area (Å²) in [5.74, 6) is 0.0634. The van der Waals surface area contributed by atoms with Crippen LogP contribution in [0.2, 0.25) is 0 Å². The average Bonchev–Trinajstić information content (AvgIpc) is 3.16. The van der Waals surface area contributed by atoms with Crippen molar-refractivity contribution >= 4 is 17.5 Å². The van der Waals surface area contributed by atoms with Gasteiger partial charge in [-0.05, 0) is 30.3 Å². The molecular formula is C19H19N5O3. The third-order valence-corrected chi connectivity index (χ3v) is 3.68. The maximum Gasteiger partial charge on any atom is 0.251 e. The number of benzene rings is 1. The zero-order valence-corrected chi connectivity index (χ0v) is 15.0. The SMILES string of the molecule is CC(C)C(=O)Nc1cccc(C(=O)NCc2nc(-c3ccccn3)no2)c1. The maximum atomic E-state index is 12.3. The number of anilines is 1. The van der Waals surface area contributed by atoms with Gasteiger partial charge in [0, 0.05) is 23.4 Å². The summed E-state index contributed by atoms with van der Waals surface area (Å²) in [6, 6.07) is 12.1. The molecule has 0 spiro atoms. The van der Waals surface area contributed by atoms with Crippen LogP contribution in [-0.4, -0.2) is 26.9 Å². The standard InChI is InChI=1S/C19H19N5O3/c1-12(2)18(25)22-14-7-5-6-13(10-14)19(26)21-11-16-23-17(24-27-16)15-8-3-4-9-20-15/h3-10,12H,11H2,1-2H3,(H,21,26)(H,22,25). The Bertz CT molecular complexity index is 937. The molecule has 2 amide bonds. The van der Waals surface area contributed by atoms with Crippen molar-refractivity contribution in [3.05, 3.63) is 60.1 Å². The van der Waals surface area contributed by atoms with Crippen molar-refractivity contribution < 1.29 is 14.1 Å². The highest BCUT2D eigenvalue weighted by Gasteiger charge is 2.13. The van der Waals surface area contributed by atoms with Crippen LogP contribution in [0.4, 0.5) is 5.69 Å². The van der Waals surface area contributed by atoms with Crippen molar-refractivity contribution in [1.29, 1.82) is 0 Å². The molecule has 0 bridgehead atoms. The van der Waals surface area contributed by atoms with E-state index < -0.39 is 0 Å². The smallest absolute Gasteiger partial charge is 0.251 e. The number of hydrogen-bond donors (Lipinski definition) is 2. The lowest BCUT2D eigenvalue weighted by Crippen LogP contribution is -2.23. The number of carbonyl (C=O) groups excluding carboxylic acids is 2. The van der Waals surface area contributed by atoms with Crippen LogP contribution in [0, 0.1) is 5.92 Å². The van der Waals surface area contributed by atoms with E-state index in [9.17, 15) is 9.59 Å². The molecule has 138 valence electrons. The molecule has 0 fully saturated rings. The summed E-state index contributed by atoms with van der Waals surface area (Å²) in [5.41, 5.74) is 1.57. The number of pyridine rings is 1. The number of nitrogens with one attached hydrogen (secondary N) is 2. The first kappa shape index (κ1) is 18.2. The summed E-state index contributed by atoms with van der Waals surface area (Å²) < 4.78 is 5.14. The second-order valence-electron chi connectivity index (χ2n) is 6.13. The minimum atomic E-state index is -0.312. The molecule has 8 heteroatoms. The number of hydrogen-bond acceptors (Lipinski definition) is 6. The van der Waals surface area contributed by atoms with Crippen LogP contribution in [0.3, 0.4) is 0 Å². The van der Waals surface area contributed by atoms with Crippen molar-refractivity contribution in [2.75, 3.05) is 5.32 Å². The highest BCUT2D eigenvalue weighted by atomic mass is 16.5. The molecule has 0 atom stereocenters. The molecule has 0 saturated carbocycles. The average molecular weight is 365 g/mol. The van der Waals surface area contributed by atoms with E-state index in [1.807, 2.05) is 6.07 Å². The van der Waals surface area contributed by atoms with Crippen molar-refractivity contribution in [3.8, 4) is 11.5 Å². The molecule has 0 aliphatic rings. The summed E-state index contributed by atoms with van der Waals surface area (Å²) in [7, 11) is 0. The van der Waals surface area contributed by atoms with Gasteiger partial charge in [0.05, 0.1) is 6.54 Å². The lowest BCUT2D eigenvalue weighted by molar-refractivity contribution is -0.118. The van der Waals surface area contributed by atoms with E-state index in [1.54, 1.807) is 56.4 Å². The van der Waals surface area contributed by atoms with E-state index in [1.165, 1.54) is 0 Å². The predicted molar refractivity (Wildman–Crippen MR) is 98.6 cm³/mol. The minimum Gasteiger partial charge on any atom is -0.343 e. The number of aromatic nitrogens is 3. The fourth-order valence-corrected chi connectivity index (χ4v) is 2.21. The molecule has 27 heavy (non-hydrogen) atoms. The topological polar surface area (TPSA) is 110 Å². The zero-order chi connectivity index (χ0) is 19.2. The molecule has 3 rings (SSSR count). The summed E-state index contributed by atoms with van der Waals surface area (Å²) in [6.45, 7) is 3.69. The van der Waals surface area contributed by atoms with Gasteiger partial charge in [-0.2, -0.15) is 4.98 Å². The largest absolute Gasteiger partial charge is 0.343 e. The molecule has 0 saturated heterocycles. The van der Waals surface area contributed by atoms with Gasteiger partial charge in [0.25, 0.3) is 5.91 Å². The lowest BCUT2D eigenvalue weighted by atomic mass is 10.1. The van der Waals surface area contributed by atoms with Crippen molar-refractivity contribution in [2.45, 2.75) is 20.4 Å². The van der Waals surface area contributed by atoms with Gasteiger partial charge in [-0.25, -0.2) is 0 Å². The molecular weight excluding hydrogens is 346 g/mol. The van der Waals surface area contributed by atoms with E-state index in [0.717, 1.165) is 0 Å². The molecule has 0 unspecified atom stereocenters. The van der Waals surface area contributed by atoms with Gasteiger partial charge in [-0.3, -0.25) is 14.6 Å². The molecule has 0 aliphatic carbocycles. The molecule has 2 aromatic heterocycles. The van der Waals surface area contributed by atoms with Crippen molar-refractivity contribution in [3.63, 3.8) is 0 Å². The Morgan fingerprint density at radius 2 is 2.00 bits per heavy atom. The fraction of sp³-hybridized carbons (Fsp3) is 0.211. The van der Waals surface area contributed by atoms with Gasteiger partial charge in [0.1, 0.15) is 5.69 Å². The first-order chi connectivity index (χ1) is 13.0. The van der Waals surface area contributed by atoms with E-state index in [0.29, 0.717) is 22.8 Å². The minimum absolute atomic E-state index is 0.0846. The van der Waals surface area contributed by atoms with Gasteiger partial charge < -0.3 is 15.2 Å². The van der Waals surface area contributed by atoms with Crippen LogP contribution in [0.25, 0.3) is 11.5 Å². The van der Waals surface area contributed by atoms with E-state index in [4.69, 9.17) is 4.52 Å². The summed E-state index contributed by atoms with van der Waals surface area (Å²) >= 11 is 0. The van der Waals surface area contributed by atoms with E-state index in [-0.39, 0.29) is 30.2 Å². The Morgan fingerprint density at radius 1 is 1.15 bits per heavy atom. The normalized spacial score (nSPS) is 10.6. The van der Waals surface area contributed by atoms with E-state index >= 15 is 0 Å². The monoisotopic (exact) mass is 365 g/mol. The zero-order valence-electron chi connectivity index (χ0n) is 15.0. The van der Waals surface area contributed by atoms with Crippen molar-refractivity contribution in [1.82, 2.24) is 20.4 Å². The lowest BCUT2D eigenvalue weighted by Gasteiger charge is -2.09. The van der Waals surface area contributed by atoms with Gasteiger partial charge in [0.2, 0.25) is 17.6 Å². The van der Waals surface area contributed by atoms with Gasteiger partial charge >= 0.3 is 0 Å². The third-order valence-electron chi connectivity index (χ3n) is 3.68. The highest BCUT2D eigenvalue weighted by molar-refractivity contribution is 5.97. The van der Waals surface area contributed by atoms with Gasteiger partial charge in [-0.1, -0.05) is 31.1 Å². The summed E-state index contributed by atoms with van der Waals surface area (Å²) in [5, 5.41) is 9.33. The molecule has 2 heterocycles. The van der Waals surface area contributed by atoms with Gasteiger partial charge in [-0.15, -0.1) is 0 Å². The maximum absolute atomic E-state index is 12.3. The van der Waals surface area contributed by atoms with Crippen LogP contribution in [0.1, 0.15) is 30.1 Å². The quantitative estimate of drug-likeness (QED) is 0.695. The molecule has 3 aromatic rings. The number of rotatable bonds is 6. The first-order valence-corrected chi connectivity index (χ1v) is 8.46. The Hall–Kier alpha value is -3.55. The molecule has 2 N–H and O–H groups in total. The molecule has 1 aromatic carbocycles. The van der Waals surface area contributed by atoms with Crippen molar-refractivity contribution in [2.24, 2.45) is 5.92 Å². The summed E-state index contributed by atoms with van der Waals surface area (Å²) in [6.07, 6.45) is 1.64. The number of nitrogens with zero attached hydrogens (tertiary/aromatic N) is 3. The summed E-state index contributed by atoms with van der Waals surface area (Å²) in [4.78, 5) is 32.5. The predicted octanol–water partition coefficient (Wildman–Crippen LogP) is 2.66. The Balaban J connectivity index is 1.61. The first-order valence-electron chi connectivity index (χ1n) is 8.46. The molecule has 0 radical (unpaired) electrons.